The molecule has 1 aromatic carbocycles. The van der Waals surface area contributed by atoms with E-state index in [9.17, 15) is 18.8 Å². The first-order chi connectivity index (χ1) is 14.2. The molecular formula is C19H22FN5O4S. The number of ether oxygens (including phenoxy) is 1. The van der Waals surface area contributed by atoms with Crippen molar-refractivity contribution in [2.75, 3.05) is 49.1 Å². The number of rotatable bonds is 5. The highest BCUT2D eigenvalue weighted by atomic mass is 32.1. The van der Waals surface area contributed by atoms with Gasteiger partial charge in [-0.1, -0.05) is 12.6 Å². The van der Waals surface area contributed by atoms with Crippen LogP contribution in [0.4, 0.5) is 25.4 Å². The van der Waals surface area contributed by atoms with Gasteiger partial charge in [0.05, 0.1) is 30.5 Å². The van der Waals surface area contributed by atoms with Gasteiger partial charge < -0.3 is 19.9 Å². The molecule has 1 aromatic rings. The van der Waals surface area contributed by atoms with Crippen LogP contribution in [0.2, 0.25) is 0 Å². The molecule has 0 spiro atoms. The van der Waals surface area contributed by atoms with Crippen LogP contribution in [0.25, 0.3) is 0 Å². The van der Waals surface area contributed by atoms with Gasteiger partial charge in [0.2, 0.25) is 5.91 Å². The van der Waals surface area contributed by atoms with Crippen molar-refractivity contribution in [1.82, 2.24) is 10.2 Å². The molecule has 2 fully saturated rings. The lowest BCUT2D eigenvalue weighted by molar-refractivity contribution is -0.130. The van der Waals surface area contributed by atoms with Crippen molar-refractivity contribution < 1.29 is 23.5 Å². The lowest BCUT2D eigenvalue weighted by Crippen LogP contribution is -2.49. The highest BCUT2D eigenvalue weighted by Gasteiger charge is 2.42. The van der Waals surface area contributed by atoms with E-state index in [2.05, 4.69) is 17.9 Å². The quantitative estimate of drug-likeness (QED) is 0.683. The van der Waals surface area contributed by atoms with E-state index in [0.29, 0.717) is 37.6 Å². The summed E-state index contributed by atoms with van der Waals surface area (Å²) in [6.45, 7) is 3.63. The van der Waals surface area contributed by atoms with Crippen molar-refractivity contribution in [3.8, 4) is 6.07 Å². The van der Waals surface area contributed by atoms with Gasteiger partial charge in [0.25, 0.3) is 5.24 Å². The monoisotopic (exact) mass is 435 g/mol. The lowest BCUT2D eigenvalue weighted by atomic mass is 10.1. The average Bonchev–Trinajstić information content (AvgIpc) is 3.01. The summed E-state index contributed by atoms with van der Waals surface area (Å²) in [5, 5.41) is 10.6. The Hall–Kier alpha value is -3.00. The molecule has 0 aliphatic carbocycles. The molecule has 3 rings (SSSR count). The van der Waals surface area contributed by atoms with Crippen molar-refractivity contribution in [3.63, 3.8) is 0 Å². The number of cyclic esters (lactones) is 1. The van der Waals surface area contributed by atoms with Crippen LogP contribution in [-0.2, 0) is 9.53 Å². The van der Waals surface area contributed by atoms with Crippen molar-refractivity contribution >= 4 is 41.2 Å². The smallest absolute Gasteiger partial charge is 0.415 e. The summed E-state index contributed by atoms with van der Waals surface area (Å²) >= 11 is 3.63. The maximum atomic E-state index is 14.8. The fraction of sp³-hybridized carbons (Fsp3) is 0.474. The Morgan fingerprint density at radius 3 is 2.63 bits per heavy atom. The number of nitrogens with zero attached hydrogens (tertiary/aromatic N) is 4. The molecule has 1 N–H and O–H groups in total. The van der Waals surface area contributed by atoms with Crippen LogP contribution in [0, 0.1) is 17.1 Å². The van der Waals surface area contributed by atoms with Crippen LogP contribution in [0.5, 0.6) is 0 Å². The molecule has 0 bridgehead atoms. The molecule has 0 unspecified atom stereocenters. The Bertz CT molecular complexity index is 899. The minimum atomic E-state index is -0.948. The van der Waals surface area contributed by atoms with E-state index in [-0.39, 0.29) is 25.4 Å². The van der Waals surface area contributed by atoms with Crippen molar-refractivity contribution in [2.24, 2.45) is 0 Å². The van der Waals surface area contributed by atoms with Crippen molar-refractivity contribution in [3.05, 3.63) is 24.0 Å². The predicted octanol–water partition coefficient (Wildman–Crippen LogP) is 1.74. The second-order valence-electron chi connectivity index (χ2n) is 7.40. The number of hydrogen-bond acceptors (Lipinski definition) is 6. The van der Waals surface area contributed by atoms with E-state index in [1.54, 1.807) is 24.0 Å². The summed E-state index contributed by atoms with van der Waals surface area (Å²) in [6, 6.07) is 6.34. The van der Waals surface area contributed by atoms with Crippen LogP contribution in [0.15, 0.2) is 18.2 Å². The Labute approximate surface area is 178 Å². The van der Waals surface area contributed by atoms with E-state index in [0.717, 1.165) is 0 Å². The molecule has 0 saturated carbocycles. The number of thiol groups is 1. The van der Waals surface area contributed by atoms with Crippen LogP contribution < -0.4 is 15.1 Å². The van der Waals surface area contributed by atoms with E-state index < -0.39 is 22.8 Å². The first-order valence-electron chi connectivity index (χ1n) is 9.39. The maximum Gasteiger partial charge on any atom is 0.415 e. The molecule has 2 aliphatic rings. The Morgan fingerprint density at radius 1 is 1.33 bits per heavy atom. The zero-order valence-corrected chi connectivity index (χ0v) is 17.3. The van der Waals surface area contributed by atoms with Crippen LogP contribution in [-0.4, -0.2) is 67.0 Å². The van der Waals surface area contributed by atoms with Crippen molar-refractivity contribution in [2.45, 2.75) is 18.9 Å². The molecule has 160 valence electrons. The zero-order valence-electron chi connectivity index (χ0n) is 16.4. The maximum absolute atomic E-state index is 14.8. The molecule has 2 saturated heterocycles. The average molecular weight is 435 g/mol. The van der Waals surface area contributed by atoms with E-state index in [1.807, 2.05) is 11.0 Å². The topological polar surface area (TPSA) is 106 Å². The third kappa shape index (κ3) is 4.76. The Morgan fingerprint density at radius 2 is 2.03 bits per heavy atom. The molecule has 3 amide bonds. The first kappa shape index (κ1) is 21.7. The van der Waals surface area contributed by atoms with Gasteiger partial charge in [0, 0.05) is 26.2 Å². The zero-order chi connectivity index (χ0) is 21.9. The predicted molar refractivity (Wildman–Crippen MR) is 110 cm³/mol. The van der Waals surface area contributed by atoms with Gasteiger partial charge >= 0.3 is 6.09 Å². The van der Waals surface area contributed by atoms with Gasteiger partial charge in [-0.2, -0.15) is 5.26 Å². The lowest BCUT2D eigenvalue weighted by Gasteiger charge is -2.36. The Balaban J connectivity index is 1.66. The Kier molecular flexibility index (Phi) is 6.36. The SMILES string of the molecule is C[C@]1(CNC(=O)S)CN(c2ccc(N3CCN(C(=O)CC#N)CC3)c(F)c2)C(=O)O1. The number of carbonyl (C=O) groups excluding carboxylic acids is 3. The number of nitriles is 1. The number of nitrogens with one attached hydrogen (secondary N) is 1. The van der Waals surface area contributed by atoms with Gasteiger partial charge in [-0.25, -0.2) is 9.18 Å². The van der Waals surface area contributed by atoms with Crippen LogP contribution in [0.3, 0.4) is 0 Å². The number of amides is 3. The molecule has 1 atom stereocenters. The third-order valence-electron chi connectivity index (χ3n) is 5.11. The number of carbonyl (C=O) groups is 3. The minimum absolute atomic E-state index is 0.0902. The largest absolute Gasteiger partial charge is 0.439 e. The summed E-state index contributed by atoms with van der Waals surface area (Å²) in [4.78, 5) is 39.8. The third-order valence-corrected chi connectivity index (χ3v) is 5.26. The van der Waals surface area contributed by atoms with Gasteiger partial charge in [0.1, 0.15) is 17.8 Å². The summed E-state index contributed by atoms with van der Waals surface area (Å²) in [5.41, 5.74) is -0.217. The standard InChI is InChI=1S/C19H22FN5O4S/c1-19(11-22-17(27)30)12-25(18(28)29-19)13-2-3-15(14(20)10-13)23-6-8-24(9-7-23)16(26)4-5-21/h2-3,10H,4,6-9,11-12H2,1H3,(H2,22,27,30)/t19-/m0/s1. The summed E-state index contributed by atoms with van der Waals surface area (Å²) < 4.78 is 20.2. The molecule has 2 aliphatic heterocycles. The molecule has 2 heterocycles. The summed E-state index contributed by atoms with van der Waals surface area (Å²) in [6.07, 6.45) is -0.784. The normalized spacial score (nSPS) is 21.3. The summed E-state index contributed by atoms with van der Waals surface area (Å²) in [7, 11) is 0. The second kappa shape index (κ2) is 8.79. The molecule has 30 heavy (non-hydrogen) atoms. The van der Waals surface area contributed by atoms with E-state index in [4.69, 9.17) is 10.00 Å². The fourth-order valence-corrected chi connectivity index (χ4v) is 3.62. The van der Waals surface area contributed by atoms with Gasteiger partial charge in [-0.05, 0) is 25.1 Å². The molecular weight excluding hydrogens is 413 g/mol. The molecule has 9 nitrogen and oxygen atoms in total. The summed E-state index contributed by atoms with van der Waals surface area (Å²) in [5.74, 6) is -0.716. The van der Waals surface area contributed by atoms with Crippen LogP contribution in [0.1, 0.15) is 13.3 Å². The van der Waals surface area contributed by atoms with E-state index >= 15 is 0 Å². The molecule has 11 heteroatoms. The van der Waals surface area contributed by atoms with Gasteiger partial charge in [0.15, 0.2) is 0 Å². The minimum Gasteiger partial charge on any atom is -0.439 e. The number of hydrogen-bond donors (Lipinski definition) is 2. The fourth-order valence-electron chi connectivity index (χ4n) is 3.54. The number of anilines is 2. The van der Waals surface area contributed by atoms with Gasteiger partial charge in [-0.3, -0.25) is 14.5 Å². The number of benzene rings is 1. The number of halogens is 1. The second-order valence-corrected chi connectivity index (χ2v) is 7.81. The molecule has 0 aromatic heterocycles. The van der Waals surface area contributed by atoms with Crippen molar-refractivity contribution in [1.29, 1.82) is 5.26 Å². The van der Waals surface area contributed by atoms with Gasteiger partial charge in [-0.15, -0.1) is 0 Å². The molecule has 0 radical (unpaired) electrons. The van der Waals surface area contributed by atoms with E-state index in [1.165, 1.54) is 11.0 Å². The first-order valence-corrected chi connectivity index (χ1v) is 9.84. The highest BCUT2D eigenvalue weighted by molar-refractivity contribution is 7.96. The number of piperazine rings is 1. The van der Waals surface area contributed by atoms with Crippen LogP contribution >= 0.6 is 12.6 Å². The highest BCUT2D eigenvalue weighted by Crippen LogP contribution is 2.31.